The van der Waals surface area contributed by atoms with Crippen molar-refractivity contribution in [1.29, 1.82) is 5.26 Å². The third kappa shape index (κ3) is 3.82. The Labute approximate surface area is 168 Å². The Kier molecular flexibility index (Phi) is 4.91. The van der Waals surface area contributed by atoms with E-state index in [1.807, 2.05) is 34.6 Å². The summed E-state index contributed by atoms with van der Waals surface area (Å²) in [5.74, 6) is 0. The van der Waals surface area contributed by atoms with Crippen LogP contribution in [0.5, 0.6) is 0 Å². The number of dihydropyridines is 1. The molecule has 0 aromatic rings. The average molecular weight is 388 g/mol. The van der Waals surface area contributed by atoms with Crippen molar-refractivity contribution in [3.63, 3.8) is 0 Å². The van der Waals surface area contributed by atoms with Gasteiger partial charge in [0.05, 0.1) is 17.2 Å². The molecule has 3 rings (SSSR count). The fourth-order valence-corrected chi connectivity index (χ4v) is 4.19. The van der Waals surface area contributed by atoms with Crippen LogP contribution in [-0.2, 0) is 9.47 Å². The predicted molar refractivity (Wildman–Crippen MR) is 108 cm³/mol. The van der Waals surface area contributed by atoms with Gasteiger partial charge in [-0.2, -0.15) is 5.26 Å². The van der Waals surface area contributed by atoms with Gasteiger partial charge in [0.15, 0.2) is 0 Å². The molecule has 1 atom stereocenters. The molecule has 6 nitrogen and oxygen atoms in total. The van der Waals surface area contributed by atoms with Gasteiger partial charge in [-0.15, -0.1) is 0 Å². The van der Waals surface area contributed by atoms with Crippen molar-refractivity contribution in [2.45, 2.75) is 78.6 Å². The zero-order valence-corrected chi connectivity index (χ0v) is 18.3. The summed E-state index contributed by atoms with van der Waals surface area (Å²) in [5, 5.41) is 9.72. The topological polar surface area (TPSA) is 74.9 Å². The van der Waals surface area contributed by atoms with Crippen LogP contribution in [-0.4, -0.2) is 53.6 Å². The molecular formula is C22H33N3O3. The van der Waals surface area contributed by atoms with Gasteiger partial charge in [0, 0.05) is 30.6 Å². The van der Waals surface area contributed by atoms with Gasteiger partial charge in [0.25, 0.3) is 0 Å². The number of nitriles is 1. The third-order valence-electron chi connectivity index (χ3n) is 5.69. The highest BCUT2D eigenvalue weighted by Gasteiger charge is 2.56. The van der Waals surface area contributed by atoms with Crippen LogP contribution in [0, 0.1) is 22.2 Å². The van der Waals surface area contributed by atoms with Gasteiger partial charge in [0.1, 0.15) is 17.3 Å². The number of likely N-dealkylation sites (tertiary alicyclic amines) is 1. The maximum Gasteiger partial charge on any atom is 0.410 e. The van der Waals surface area contributed by atoms with Gasteiger partial charge in [-0.05, 0) is 47.5 Å². The first-order chi connectivity index (χ1) is 12.8. The molecule has 3 aliphatic rings. The standard InChI is InChI=1S/C22H33N3O3/c1-19(2,3)28-18(26)25-10-8-22(9-11-25)16-15(12-20(4,5)14-24-16)17(27-22)21(6,7)13-23/h12,17H,8-11,14H2,1-7H3. The van der Waals surface area contributed by atoms with Crippen LogP contribution >= 0.6 is 0 Å². The number of nitrogens with zero attached hydrogens (tertiary/aromatic N) is 3. The molecule has 1 spiro atoms. The summed E-state index contributed by atoms with van der Waals surface area (Å²) < 4.78 is 12.1. The molecule has 0 aromatic heterocycles. The molecule has 3 heterocycles. The van der Waals surface area contributed by atoms with E-state index in [4.69, 9.17) is 14.5 Å². The van der Waals surface area contributed by atoms with Gasteiger partial charge in [0.2, 0.25) is 0 Å². The largest absolute Gasteiger partial charge is 0.444 e. The summed E-state index contributed by atoms with van der Waals surface area (Å²) in [4.78, 5) is 19.1. The summed E-state index contributed by atoms with van der Waals surface area (Å²) >= 11 is 0. The Morgan fingerprint density at radius 3 is 2.43 bits per heavy atom. The number of aliphatic imine (C=N–C) groups is 1. The zero-order chi connectivity index (χ0) is 21.0. The van der Waals surface area contributed by atoms with Crippen LogP contribution in [0.4, 0.5) is 4.79 Å². The molecule has 1 unspecified atom stereocenters. The maximum absolute atomic E-state index is 12.4. The third-order valence-corrected chi connectivity index (χ3v) is 5.69. The lowest BCUT2D eigenvalue weighted by molar-refractivity contribution is -0.0739. The van der Waals surface area contributed by atoms with Crippen LogP contribution in [0.2, 0.25) is 0 Å². The number of carbonyl (C=O) groups excluding carboxylic acids is 1. The molecule has 3 aliphatic heterocycles. The number of fused-ring (bicyclic) bond motifs is 2. The smallest absolute Gasteiger partial charge is 0.410 e. The Balaban J connectivity index is 1.84. The molecule has 2 saturated heterocycles. The minimum absolute atomic E-state index is 0.0469. The van der Waals surface area contributed by atoms with Gasteiger partial charge >= 0.3 is 6.09 Å². The molecule has 0 aromatic carbocycles. The minimum Gasteiger partial charge on any atom is -0.444 e. The summed E-state index contributed by atoms with van der Waals surface area (Å²) in [6, 6.07) is 2.41. The van der Waals surface area contributed by atoms with Crippen molar-refractivity contribution in [2.24, 2.45) is 15.8 Å². The maximum atomic E-state index is 12.4. The molecule has 0 saturated carbocycles. The van der Waals surface area contributed by atoms with Crippen LogP contribution in [0.25, 0.3) is 0 Å². The lowest BCUT2D eigenvalue weighted by Gasteiger charge is -2.40. The fourth-order valence-electron chi connectivity index (χ4n) is 4.19. The van der Waals surface area contributed by atoms with Crippen molar-refractivity contribution in [2.75, 3.05) is 19.6 Å². The van der Waals surface area contributed by atoms with E-state index in [9.17, 15) is 10.1 Å². The fraction of sp³-hybridized carbons (Fsp3) is 0.773. The Morgan fingerprint density at radius 1 is 1.29 bits per heavy atom. The summed E-state index contributed by atoms with van der Waals surface area (Å²) in [7, 11) is 0. The number of hydrogen-bond acceptors (Lipinski definition) is 5. The molecule has 28 heavy (non-hydrogen) atoms. The van der Waals surface area contributed by atoms with Crippen molar-refractivity contribution in [1.82, 2.24) is 4.90 Å². The number of ether oxygens (including phenoxy) is 2. The first kappa shape index (κ1) is 20.9. The number of amides is 1. The second-order valence-electron chi connectivity index (χ2n) is 10.5. The predicted octanol–water partition coefficient (Wildman–Crippen LogP) is 4.11. The van der Waals surface area contributed by atoms with Gasteiger partial charge in [-0.1, -0.05) is 19.9 Å². The van der Waals surface area contributed by atoms with Crippen molar-refractivity contribution in [3.8, 4) is 6.07 Å². The highest BCUT2D eigenvalue weighted by Crippen LogP contribution is 2.48. The first-order valence-electron chi connectivity index (χ1n) is 10.1. The molecular weight excluding hydrogens is 354 g/mol. The van der Waals surface area contributed by atoms with Crippen LogP contribution < -0.4 is 0 Å². The molecule has 2 fully saturated rings. The normalized spacial score (nSPS) is 26.2. The molecule has 0 aliphatic carbocycles. The lowest BCUT2D eigenvalue weighted by atomic mass is 9.75. The molecule has 0 bridgehead atoms. The molecule has 154 valence electrons. The van der Waals surface area contributed by atoms with E-state index < -0.39 is 16.6 Å². The van der Waals surface area contributed by atoms with E-state index in [1.165, 1.54) is 0 Å². The van der Waals surface area contributed by atoms with Crippen LogP contribution in [0.1, 0.15) is 61.3 Å². The van der Waals surface area contributed by atoms with Crippen molar-refractivity contribution < 1.29 is 14.3 Å². The van der Waals surface area contributed by atoms with E-state index in [-0.39, 0.29) is 17.6 Å². The van der Waals surface area contributed by atoms with Gasteiger partial charge in [-0.3, -0.25) is 4.99 Å². The van der Waals surface area contributed by atoms with E-state index >= 15 is 0 Å². The van der Waals surface area contributed by atoms with Crippen molar-refractivity contribution >= 4 is 11.8 Å². The van der Waals surface area contributed by atoms with E-state index in [2.05, 4.69) is 26.0 Å². The monoisotopic (exact) mass is 387 g/mol. The highest BCUT2D eigenvalue weighted by atomic mass is 16.6. The average Bonchev–Trinajstić information content (AvgIpc) is 2.87. The SMILES string of the molecule is CC1(C)C=C2C(=NC1)C1(CCN(C(=O)OC(C)(C)C)CC1)OC2C(C)(C)C#N. The Bertz CT molecular complexity index is 757. The number of rotatable bonds is 1. The summed E-state index contributed by atoms with van der Waals surface area (Å²) in [5.41, 5.74) is 0.338. The van der Waals surface area contributed by atoms with E-state index in [0.29, 0.717) is 32.5 Å². The summed E-state index contributed by atoms with van der Waals surface area (Å²) in [6.07, 6.45) is 3.00. The van der Waals surface area contributed by atoms with Crippen LogP contribution in [0.3, 0.4) is 0 Å². The summed E-state index contributed by atoms with van der Waals surface area (Å²) in [6.45, 7) is 15.6. The van der Waals surface area contributed by atoms with Gasteiger partial charge < -0.3 is 14.4 Å². The number of carbonyl (C=O) groups is 1. The number of piperidine rings is 1. The second-order valence-corrected chi connectivity index (χ2v) is 10.5. The zero-order valence-electron chi connectivity index (χ0n) is 18.3. The molecule has 0 radical (unpaired) electrons. The highest BCUT2D eigenvalue weighted by molar-refractivity contribution is 6.10. The van der Waals surface area contributed by atoms with Crippen LogP contribution in [0.15, 0.2) is 16.6 Å². The second kappa shape index (κ2) is 6.59. The Morgan fingerprint density at radius 2 is 1.89 bits per heavy atom. The molecule has 1 amide bonds. The lowest BCUT2D eigenvalue weighted by Crippen LogP contribution is -2.51. The first-order valence-corrected chi connectivity index (χ1v) is 10.1. The Hall–Kier alpha value is -1.87. The molecule has 0 N–H and O–H groups in total. The number of hydrogen-bond donors (Lipinski definition) is 0. The van der Waals surface area contributed by atoms with Crippen molar-refractivity contribution in [3.05, 3.63) is 11.6 Å². The van der Waals surface area contributed by atoms with E-state index in [0.717, 1.165) is 11.3 Å². The van der Waals surface area contributed by atoms with Gasteiger partial charge in [-0.25, -0.2) is 4.79 Å². The minimum atomic E-state index is -0.647. The quantitative estimate of drug-likeness (QED) is 0.678. The molecule has 6 heteroatoms. The van der Waals surface area contributed by atoms with E-state index in [1.54, 1.807) is 4.90 Å².